The standard InChI is InChI=1S/C17H23ClN4OS/c1-23-15-8-7-13(18)11-14(15)16-19-17(24)22(20-16)12-21-9-5-3-2-4-6-10-21/h7-8,11H,2-6,9-10,12H2,1H3,(H,19,20,24). The lowest BCUT2D eigenvalue weighted by molar-refractivity contribution is 0.188. The lowest BCUT2D eigenvalue weighted by Gasteiger charge is -2.24. The molecule has 130 valence electrons. The predicted octanol–water partition coefficient (Wildman–Crippen LogP) is 4.49. The van der Waals surface area contributed by atoms with E-state index in [1.807, 2.05) is 16.8 Å². The van der Waals surface area contributed by atoms with Crippen molar-refractivity contribution in [1.29, 1.82) is 0 Å². The number of methoxy groups -OCH3 is 1. The predicted molar refractivity (Wildman–Crippen MR) is 99.1 cm³/mol. The maximum Gasteiger partial charge on any atom is 0.217 e. The summed E-state index contributed by atoms with van der Waals surface area (Å²) in [5, 5.41) is 3.95. The Morgan fingerprint density at radius 3 is 2.62 bits per heavy atom. The molecule has 5 nitrogen and oxygen atoms in total. The second-order valence-electron chi connectivity index (χ2n) is 6.15. The van der Waals surface area contributed by atoms with Crippen LogP contribution in [-0.4, -0.2) is 39.9 Å². The average Bonchev–Trinajstić information content (AvgIpc) is 2.90. The molecule has 0 amide bonds. The number of hydrogen-bond acceptors (Lipinski definition) is 4. The fraction of sp³-hybridized carbons (Fsp3) is 0.529. The zero-order chi connectivity index (χ0) is 16.9. The maximum absolute atomic E-state index is 6.12. The number of hydrogen-bond donors (Lipinski definition) is 1. The van der Waals surface area contributed by atoms with Crippen molar-refractivity contribution >= 4 is 23.8 Å². The Morgan fingerprint density at radius 1 is 1.21 bits per heavy atom. The van der Waals surface area contributed by atoms with Gasteiger partial charge in [0.2, 0.25) is 4.77 Å². The van der Waals surface area contributed by atoms with E-state index in [9.17, 15) is 0 Å². The van der Waals surface area contributed by atoms with Crippen molar-refractivity contribution in [3.8, 4) is 17.1 Å². The Bertz CT molecular complexity index is 734. The third-order valence-electron chi connectivity index (χ3n) is 4.39. The third-order valence-corrected chi connectivity index (χ3v) is 4.93. The van der Waals surface area contributed by atoms with Gasteiger partial charge in [0.25, 0.3) is 0 Å². The Labute approximate surface area is 152 Å². The van der Waals surface area contributed by atoms with Gasteiger partial charge < -0.3 is 4.74 Å². The minimum atomic E-state index is 0.550. The molecule has 1 fully saturated rings. The topological polar surface area (TPSA) is 46.1 Å². The summed E-state index contributed by atoms with van der Waals surface area (Å²) in [4.78, 5) is 6.93. The van der Waals surface area contributed by atoms with Crippen LogP contribution in [0.25, 0.3) is 11.4 Å². The molecule has 2 heterocycles. The van der Waals surface area contributed by atoms with Crippen LogP contribution in [0.2, 0.25) is 5.02 Å². The van der Waals surface area contributed by atoms with Crippen molar-refractivity contribution in [2.24, 2.45) is 0 Å². The smallest absolute Gasteiger partial charge is 0.217 e. The Kier molecular flexibility index (Phi) is 5.92. The number of benzene rings is 1. The summed E-state index contributed by atoms with van der Waals surface area (Å²) in [7, 11) is 1.64. The summed E-state index contributed by atoms with van der Waals surface area (Å²) >= 11 is 11.6. The lowest BCUT2D eigenvalue weighted by Crippen LogP contribution is -2.30. The zero-order valence-electron chi connectivity index (χ0n) is 13.9. The van der Waals surface area contributed by atoms with Crippen LogP contribution >= 0.6 is 23.8 Å². The molecule has 0 unspecified atom stereocenters. The first-order chi connectivity index (χ1) is 11.7. The van der Waals surface area contributed by atoms with Crippen molar-refractivity contribution in [3.05, 3.63) is 28.0 Å². The summed E-state index contributed by atoms with van der Waals surface area (Å²) in [6.45, 7) is 2.96. The molecule has 2 aromatic rings. The van der Waals surface area contributed by atoms with Gasteiger partial charge in [-0.05, 0) is 56.3 Å². The molecular formula is C17H23ClN4OS. The zero-order valence-corrected chi connectivity index (χ0v) is 15.5. The summed E-state index contributed by atoms with van der Waals surface area (Å²) in [5.74, 6) is 1.41. The Hall–Kier alpha value is -1.37. The molecule has 0 atom stereocenters. The van der Waals surface area contributed by atoms with Gasteiger partial charge in [0.1, 0.15) is 5.75 Å². The number of nitrogens with zero attached hydrogens (tertiary/aromatic N) is 3. The molecular weight excluding hydrogens is 344 g/mol. The molecule has 1 N–H and O–H groups in total. The number of H-pyrrole nitrogens is 1. The Morgan fingerprint density at radius 2 is 1.92 bits per heavy atom. The van der Waals surface area contributed by atoms with Crippen molar-refractivity contribution in [2.45, 2.75) is 38.8 Å². The molecule has 24 heavy (non-hydrogen) atoms. The van der Waals surface area contributed by atoms with Crippen LogP contribution in [0, 0.1) is 4.77 Å². The van der Waals surface area contributed by atoms with E-state index in [2.05, 4.69) is 15.0 Å². The lowest BCUT2D eigenvalue weighted by atomic mass is 10.1. The molecule has 3 rings (SSSR count). The molecule has 1 aliphatic rings. The first-order valence-corrected chi connectivity index (χ1v) is 9.19. The van der Waals surface area contributed by atoms with Gasteiger partial charge in [-0.3, -0.25) is 10.00 Å². The minimum Gasteiger partial charge on any atom is -0.496 e. The van der Waals surface area contributed by atoms with Crippen LogP contribution in [0.5, 0.6) is 5.75 Å². The molecule has 0 spiro atoms. The highest BCUT2D eigenvalue weighted by atomic mass is 35.5. The van der Waals surface area contributed by atoms with E-state index < -0.39 is 0 Å². The fourth-order valence-electron chi connectivity index (χ4n) is 3.09. The molecule has 0 radical (unpaired) electrons. The summed E-state index contributed by atoms with van der Waals surface area (Å²) in [6.07, 6.45) is 6.48. The van der Waals surface area contributed by atoms with E-state index in [1.165, 1.54) is 32.1 Å². The van der Waals surface area contributed by atoms with E-state index in [0.29, 0.717) is 15.6 Å². The normalized spacial score (nSPS) is 16.6. The molecule has 0 saturated carbocycles. The molecule has 0 aliphatic carbocycles. The molecule has 1 aromatic heterocycles. The number of aromatic amines is 1. The van der Waals surface area contributed by atoms with Gasteiger partial charge >= 0.3 is 0 Å². The van der Waals surface area contributed by atoms with E-state index in [1.54, 1.807) is 13.2 Å². The molecule has 0 bridgehead atoms. The number of likely N-dealkylation sites (tertiary alicyclic amines) is 1. The fourth-order valence-corrected chi connectivity index (χ4v) is 3.46. The highest BCUT2D eigenvalue weighted by Gasteiger charge is 2.14. The largest absolute Gasteiger partial charge is 0.496 e. The van der Waals surface area contributed by atoms with Crippen LogP contribution in [0.4, 0.5) is 0 Å². The van der Waals surface area contributed by atoms with Gasteiger partial charge in [0.05, 0.1) is 19.3 Å². The van der Waals surface area contributed by atoms with E-state index in [-0.39, 0.29) is 0 Å². The van der Waals surface area contributed by atoms with Crippen molar-refractivity contribution < 1.29 is 4.74 Å². The van der Waals surface area contributed by atoms with Crippen LogP contribution in [0.1, 0.15) is 32.1 Å². The summed E-state index contributed by atoms with van der Waals surface area (Å²) in [5.41, 5.74) is 0.822. The van der Waals surface area contributed by atoms with Gasteiger partial charge in [-0.2, -0.15) is 4.98 Å². The second-order valence-corrected chi connectivity index (χ2v) is 6.96. The van der Waals surface area contributed by atoms with Crippen LogP contribution in [0.15, 0.2) is 18.2 Å². The molecule has 1 aromatic carbocycles. The molecule has 1 aliphatic heterocycles. The van der Waals surface area contributed by atoms with Gasteiger partial charge in [-0.1, -0.05) is 30.9 Å². The van der Waals surface area contributed by atoms with Gasteiger partial charge in [0.15, 0.2) is 5.82 Å². The van der Waals surface area contributed by atoms with Crippen LogP contribution in [-0.2, 0) is 6.67 Å². The Balaban J connectivity index is 1.82. The number of ether oxygens (including phenoxy) is 1. The van der Waals surface area contributed by atoms with E-state index >= 15 is 0 Å². The maximum atomic E-state index is 6.12. The molecule has 1 saturated heterocycles. The van der Waals surface area contributed by atoms with Crippen LogP contribution in [0.3, 0.4) is 0 Å². The average molecular weight is 367 g/mol. The first-order valence-electron chi connectivity index (χ1n) is 8.40. The minimum absolute atomic E-state index is 0.550. The summed E-state index contributed by atoms with van der Waals surface area (Å²) in [6, 6.07) is 5.48. The van der Waals surface area contributed by atoms with Gasteiger partial charge in [-0.15, -0.1) is 0 Å². The second kappa shape index (κ2) is 8.14. The first kappa shape index (κ1) is 17.5. The quantitative estimate of drug-likeness (QED) is 0.809. The number of nitrogens with one attached hydrogen (secondary N) is 1. The number of halogens is 1. The van der Waals surface area contributed by atoms with Crippen LogP contribution < -0.4 is 4.74 Å². The third kappa shape index (κ3) is 4.18. The monoisotopic (exact) mass is 366 g/mol. The van der Waals surface area contributed by atoms with Crippen molar-refractivity contribution in [3.63, 3.8) is 0 Å². The number of aromatic nitrogens is 3. The van der Waals surface area contributed by atoms with Crippen molar-refractivity contribution in [2.75, 3.05) is 20.2 Å². The SMILES string of the molecule is COc1ccc(Cl)cc1-c1nc(=S)n(CN2CCCCCCC2)[nH]1. The highest BCUT2D eigenvalue weighted by Crippen LogP contribution is 2.30. The molecule has 7 heteroatoms. The summed E-state index contributed by atoms with van der Waals surface area (Å²) < 4.78 is 7.89. The number of rotatable bonds is 4. The highest BCUT2D eigenvalue weighted by molar-refractivity contribution is 7.71. The van der Waals surface area contributed by atoms with Gasteiger partial charge in [-0.25, -0.2) is 4.68 Å². The van der Waals surface area contributed by atoms with E-state index in [0.717, 1.165) is 31.1 Å². The van der Waals surface area contributed by atoms with Gasteiger partial charge in [0, 0.05) is 5.02 Å². The van der Waals surface area contributed by atoms with Crippen molar-refractivity contribution in [1.82, 2.24) is 19.7 Å². The van der Waals surface area contributed by atoms with E-state index in [4.69, 9.17) is 28.6 Å².